The van der Waals surface area contributed by atoms with Gasteiger partial charge in [-0.2, -0.15) is 0 Å². The molecule has 0 saturated heterocycles. The number of hydrogen-bond donors (Lipinski definition) is 2. The van der Waals surface area contributed by atoms with E-state index in [0.29, 0.717) is 12.8 Å². The monoisotopic (exact) mass is 234 g/mol. The Morgan fingerprint density at radius 1 is 1.43 bits per heavy atom. The van der Waals surface area contributed by atoms with Crippen LogP contribution in [0.4, 0.5) is 0 Å². The van der Waals surface area contributed by atoms with Crippen LogP contribution in [0.15, 0.2) is 0 Å². The van der Waals surface area contributed by atoms with Crippen molar-refractivity contribution in [3.63, 3.8) is 0 Å². The fourth-order valence-corrected chi connectivity index (χ4v) is 1.40. The molecule has 14 heavy (non-hydrogen) atoms. The minimum atomic E-state index is -4.30. The standard InChI is InChI=1S/C7H16O5S.Na/c1-6(13(10,11)12)5-7(9)3-2-4-8;/h6-9H,2-5H2,1H3,(H,10,11,12);/q;+1/p-1. The normalized spacial score (nSPS) is 15.7. The molecule has 0 radical (unpaired) electrons. The molecule has 0 aliphatic rings. The Hall–Kier alpha value is 0.830. The molecule has 0 aromatic carbocycles. The molecule has 0 amide bonds. The first-order valence-electron chi connectivity index (χ1n) is 4.11. The van der Waals surface area contributed by atoms with Crippen LogP contribution in [0.3, 0.4) is 0 Å². The van der Waals surface area contributed by atoms with Gasteiger partial charge in [-0.05, 0) is 26.2 Å². The van der Waals surface area contributed by atoms with Crippen LogP contribution in [0.5, 0.6) is 0 Å². The molecule has 7 heteroatoms. The average molecular weight is 234 g/mol. The first kappa shape index (κ1) is 17.2. The summed E-state index contributed by atoms with van der Waals surface area (Å²) in [5, 5.41) is 16.5. The molecule has 0 saturated carbocycles. The van der Waals surface area contributed by atoms with Crippen molar-refractivity contribution in [1.29, 1.82) is 0 Å². The van der Waals surface area contributed by atoms with Gasteiger partial charge >= 0.3 is 29.6 Å². The van der Waals surface area contributed by atoms with Crippen LogP contribution in [0.2, 0.25) is 0 Å². The van der Waals surface area contributed by atoms with E-state index in [4.69, 9.17) is 5.11 Å². The van der Waals surface area contributed by atoms with Gasteiger partial charge < -0.3 is 14.8 Å². The van der Waals surface area contributed by atoms with Gasteiger partial charge in [0.2, 0.25) is 0 Å². The summed E-state index contributed by atoms with van der Waals surface area (Å²) in [4.78, 5) is 0. The molecule has 0 aromatic heterocycles. The second-order valence-corrected chi connectivity index (χ2v) is 4.85. The SMILES string of the molecule is CC(CC(O)CCCO)S(=O)(=O)[O-].[Na+]. The summed E-state index contributed by atoms with van der Waals surface area (Å²) in [6.45, 7) is 1.22. The van der Waals surface area contributed by atoms with Crippen molar-refractivity contribution in [2.24, 2.45) is 0 Å². The summed E-state index contributed by atoms with van der Waals surface area (Å²) in [6, 6.07) is 0. The van der Waals surface area contributed by atoms with Gasteiger partial charge in [0.05, 0.1) is 16.2 Å². The summed E-state index contributed by atoms with van der Waals surface area (Å²) in [7, 11) is -4.30. The molecule has 2 N–H and O–H groups in total. The molecule has 5 nitrogen and oxygen atoms in total. The van der Waals surface area contributed by atoms with Crippen molar-refractivity contribution in [1.82, 2.24) is 0 Å². The van der Waals surface area contributed by atoms with Gasteiger partial charge in [-0.3, -0.25) is 0 Å². The van der Waals surface area contributed by atoms with Crippen LogP contribution < -0.4 is 29.6 Å². The Kier molecular flexibility index (Phi) is 9.89. The van der Waals surface area contributed by atoms with E-state index in [1.165, 1.54) is 6.92 Å². The summed E-state index contributed by atoms with van der Waals surface area (Å²) >= 11 is 0. The van der Waals surface area contributed by atoms with E-state index in [1.54, 1.807) is 0 Å². The van der Waals surface area contributed by atoms with E-state index in [9.17, 15) is 18.1 Å². The first-order valence-corrected chi connectivity index (χ1v) is 5.58. The molecule has 2 atom stereocenters. The van der Waals surface area contributed by atoms with E-state index in [-0.39, 0.29) is 42.6 Å². The van der Waals surface area contributed by atoms with Gasteiger partial charge in [-0.25, -0.2) is 8.42 Å². The van der Waals surface area contributed by atoms with E-state index >= 15 is 0 Å². The maximum absolute atomic E-state index is 10.4. The van der Waals surface area contributed by atoms with Crippen molar-refractivity contribution in [2.45, 2.75) is 37.5 Å². The summed E-state index contributed by atoms with van der Waals surface area (Å²) in [5.41, 5.74) is 0. The van der Waals surface area contributed by atoms with Crippen molar-refractivity contribution >= 4 is 10.1 Å². The predicted octanol–water partition coefficient (Wildman–Crippen LogP) is -3.55. The van der Waals surface area contributed by atoms with Gasteiger partial charge in [-0.15, -0.1) is 0 Å². The average Bonchev–Trinajstić information content (AvgIpc) is 1.99. The molecule has 0 aliphatic heterocycles. The van der Waals surface area contributed by atoms with E-state index < -0.39 is 21.5 Å². The molecular formula is C7H15NaO5S. The number of aliphatic hydroxyl groups excluding tert-OH is 2. The molecule has 0 rings (SSSR count). The summed E-state index contributed by atoms with van der Waals surface area (Å²) in [5.74, 6) is 0. The van der Waals surface area contributed by atoms with Crippen LogP contribution in [0.25, 0.3) is 0 Å². The van der Waals surface area contributed by atoms with Crippen LogP contribution in [0.1, 0.15) is 26.2 Å². The molecule has 0 heterocycles. The topological polar surface area (TPSA) is 97.7 Å². The maximum Gasteiger partial charge on any atom is 1.00 e. The van der Waals surface area contributed by atoms with Gasteiger partial charge in [0.25, 0.3) is 0 Å². The fraction of sp³-hybridized carbons (Fsp3) is 1.00. The minimum absolute atomic E-state index is 0. The Balaban J connectivity index is 0. The maximum atomic E-state index is 10.4. The molecule has 0 bridgehead atoms. The van der Waals surface area contributed by atoms with Crippen LogP contribution in [-0.2, 0) is 10.1 Å². The van der Waals surface area contributed by atoms with Crippen molar-refractivity contribution < 1.29 is 52.7 Å². The Bertz CT molecular complexity index is 228. The van der Waals surface area contributed by atoms with E-state index in [1.807, 2.05) is 0 Å². The molecule has 0 spiro atoms. The third-order valence-electron chi connectivity index (χ3n) is 1.79. The smallest absolute Gasteiger partial charge is 0.748 e. The second-order valence-electron chi connectivity index (χ2n) is 3.06. The first-order chi connectivity index (χ1) is 5.88. The van der Waals surface area contributed by atoms with Crippen LogP contribution in [0, 0.1) is 0 Å². The third kappa shape index (κ3) is 8.16. The quantitative estimate of drug-likeness (QED) is 0.366. The van der Waals surface area contributed by atoms with Gasteiger partial charge in [0, 0.05) is 11.9 Å². The largest absolute Gasteiger partial charge is 1.00 e. The molecular weight excluding hydrogens is 219 g/mol. The second kappa shape index (κ2) is 8.04. The summed E-state index contributed by atoms with van der Waals surface area (Å²) in [6.07, 6.45) is -0.166. The molecule has 80 valence electrons. The van der Waals surface area contributed by atoms with Crippen LogP contribution in [-0.4, -0.2) is 41.1 Å². The summed E-state index contributed by atoms with van der Waals surface area (Å²) < 4.78 is 31.3. The zero-order valence-electron chi connectivity index (χ0n) is 8.51. The predicted molar refractivity (Wildman–Crippen MR) is 46.1 cm³/mol. The molecule has 0 aromatic rings. The van der Waals surface area contributed by atoms with Gasteiger partial charge in [0.1, 0.15) is 0 Å². The molecule has 0 aliphatic carbocycles. The zero-order valence-corrected chi connectivity index (χ0v) is 11.3. The number of rotatable bonds is 6. The van der Waals surface area contributed by atoms with Crippen molar-refractivity contribution in [3.05, 3.63) is 0 Å². The van der Waals surface area contributed by atoms with E-state index in [2.05, 4.69) is 0 Å². The minimum Gasteiger partial charge on any atom is -0.748 e. The zero-order chi connectivity index (χ0) is 10.5. The molecule has 0 fully saturated rings. The number of hydrogen-bond acceptors (Lipinski definition) is 5. The Morgan fingerprint density at radius 2 is 1.93 bits per heavy atom. The van der Waals surface area contributed by atoms with E-state index in [0.717, 1.165) is 0 Å². The molecule has 2 unspecified atom stereocenters. The van der Waals surface area contributed by atoms with Crippen molar-refractivity contribution in [2.75, 3.05) is 6.61 Å². The Labute approximate surface area is 107 Å². The van der Waals surface area contributed by atoms with Gasteiger partial charge in [0.15, 0.2) is 0 Å². The Morgan fingerprint density at radius 3 is 2.29 bits per heavy atom. The van der Waals surface area contributed by atoms with Crippen LogP contribution >= 0.6 is 0 Å². The number of aliphatic hydroxyl groups is 2. The fourth-order valence-electron chi connectivity index (χ4n) is 0.946. The third-order valence-corrected chi connectivity index (χ3v) is 2.97. The van der Waals surface area contributed by atoms with Gasteiger partial charge in [-0.1, -0.05) is 0 Å². The van der Waals surface area contributed by atoms with Crippen molar-refractivity contribution in [3.8, 4) is 0 Å².